The number of hydrogen-bond donors (Lipinski definition) is 1. The van der Waals surface area contributed by atoms with Crippen LogP contribution in [-0.4, -0.2) is 19.8 Å². The average molecular weight is 446 g/mol. The van der Waals surface area contributed by atoms with Crippen molar-refractivity contribution in [1.29, 1.82) is 0 Å². The van der Waals surface area contributed by atoms with E-state index in [1.165, 1.54) is 0 Å². The van der Waals surface area contributed by atoms with Crippen LogP contribution in [0.4, 0.5) is 0 Å². The lowest BCUT2D eigenvalue weighted by molar-refractivity contribution is 0.298. The minimum atomic E-state index is -3.59. The first kappa shape index (κ1) is 16.7. The number of alkyl halides is 1. The van der Waals surface area contributed by atoms with Crippen molar-refractivity contribution < 1.29 is 8.42 Å². The normalized spacial score (nSPS) is 18.9. The molecule has 1 fully saturated rings. The molecule has 0 radical (unpaired) electrons. The maximum atomic E-state index is 12.6. The van der Waals surface area contributed by atoms with Crippen LogP contribution in [0, 0.1) is 0 Å². The van der Waals surface area contributed by atoms with Crippen LogP contribution in [0.25, 0.3) is 0 Å². The van der Waals surface area contributed by atoms with E-state index in [1.807, 2.05) is 0 Å². The zero-order chi connectivity index (χ0) is 14.8. The summed E-state index contributed by atoms with van der Waals surface area (Å²) in [6, 6.07) is 5.10. The molecule has 0 heterocycles. The van der Waals surface area contributed by atoms with Crippen molar-refractivity contribution >= 4 is 53.5 Å². The van der Waals surface area contributed by atoms with Gasteiger partial charge >= 0.3 is 0 Å². The second kappa shape index (κ2) is 6.65. The van der Waals surface area contributed by atoms with Gasteiger partial charge in [0.1, 0.15) is 0 Å². The summed E-state index contributed by atoms with van der Waals surface area (Å²) in [6.45, 7) is 0. The van der Waals surface area contributed by atoms with Crippen LogP contribution in [0.1, 0.15) is 32.1 Å². The molecular formula is C13H16Br2ClNO2S. The van der Waals surface area contributed by atoms with E-state index >= 15 is 0 Å². The van der Waals surface area contributed by atoms with Gasteiger partial charge in [-0.1, -0.05) is 35.2 Å². The Bertz CT molecular complexity index is 586. The molecule has 1 aliphatic rings. The Morgan fingerprint density at radius 3 is 2.45 bits per heavy atom. The molecule has 0 aromatic heterocycles. The molecule has 0 bridgehead atoms. The second-order valence-corrected chi connectivity index (χ2v) is 8.84. The van der Waals surface area contributed by atoms with Crippen molar-refractivity contribution in [3.8, 4) is 0 Å². The van der Waals surface area contributed by atoms with Crippen molar-refractivity contribution in [3.63, 3.8) is 0 Å². The standard InChI is InChI=1S/C13H16Br2ClNO2S/c14-10-4-5-11(15)12(8-10)20(18,19)17-13(9-16)6-2-1-3-7-13/h4-5,8,17H,1-3,6-7,9H2. The lowest BCUT2D eigenvalue weighted by Crippen LogP contribution is -2.51. The highest BCUT2D eigenvalue weighted by Gasteiger charge is 2.36. The highest BCUT2D eigenvalue weighted by Crippen LogP contribution is 2.33. The lowest BCUT2D eigenvalue weighted by Gasteiger charge is -2.36. The van der Waals surface area contributed by atoms with E-state index in [2.05, 4.69) is 36.6 Å². The summed E-state index contributed by atoms with van der Waals surface area (Å²) in [4.78, 5) is 0.238. The quantitative estimate of drug-likeness (QED) is 0.697. The third kappa shape index (κ3) is 3.77. The van der Waals surface area contributed by atoms with Gasteiger partial charge in [-0.25, -0.2) is 13.1 Å². The van der Waals surface area contributed by atoms with Gasteiger partial charge in [-0.3, -0.25) is 0 Å². The zero-order valence-corrected chi connectivity index (χ0v) is 15.6. The maximum Gasteiger partial charge on any atom is 0.242 e. The molecule has 0 amide bonds. The molecule has 0 aliphatic heterocycles. The summed E-state index contributed by atoms with van der Waals surface area (Å²) >= 11 is 12.7. The van der Waals surface area contributed by atoms with Gasteiger partial charge in [-0.05, 0) is 47.0 Å². The first-order valence-corrected chi connectivity index (χ1v) is 10.0. The van der Waals surface area contributed by atoms with E-state index in [-0.39, 0.29) is 4.90 Å². The first-order chi connectivity index (χ1) is 9.38. The van der Waals surface area contributed by atoms with Crippen molar-refractivity contribution in [3.05, 3.63) is 27.1 Å². The number of rotatable bonds is 4. The van der Waals surface area contributed by atoms with E-state index in [0.29, 0.717) is 10.4 Å². The summed E-state index contributed by atoms with van der Waals surface area (Å²) in [5.74, 6) is 0.303. The predicted molar refractivity (Wildman–Crippen MR) is 88.7 cm³/mol. The Hall–Kier alpha value is 0.380. The minimum absolute atomic E-state index is 0.238. The third-order valence-electron chi connectivity index (χ3n) is 3.60. The van der Waals surface area contributed by atoms with Gasteiger partial charge in [-0.2, -0.15) is 0 Å². The van der Waals surface area contributed by atoms with Crippen LogP contribution in [0.5, 0.6) is 0 Å². The van der Waals surface area contributed by atoms with Crippen LogP contribution in [0.2, 0.25) is 0 Å². The van der Waals surface area contributed by atoms with Gasteiger partial charge in [0.05, 0.1) is 4.90 Å². The maximum absolute atomic E-state index is 12.6. The van der Waals surface area contributed by atoms with Gasteiger partial charge < -0.3 is 0 Å². The highest BCUT2D eigenvalue weighted by molar-refractivity contribution is 9.11. The summed E-state index contributed by atoms with van der Waals surface area (Å²) in [7, 11) is -3.59. The fraction of sp³-hybridized carbons (Fsp3) is 0.538. The van der Waals surface area contributed by atoms with E-state index in [1.54, 1.807) is 18.2 Å². The van der Waals surface area contributed by atoms with E-state index in [9.17, 15) is 8.42 Å². The molecule has 1 aliphatic carbocycles. The molecule has 0 spiro atoms. The van der Waals surface area contributed by atoms with Crippen LogP contribution in [0.15, 0.2) is 32.0 Å². The molecule has 1 aromatic carbocycles. The number of halogens is 3. The molecule has 0 atom stereocenters. The third-order valence-corrected chi connectivity index (χ3v) is 7.18. The van der Waals surface area contributed by atoms with E-state index < -0.39 is 15.6 Å². The molecule has 2 rings (SSSR count). The Kier molecular flexibility index (Phi) is 5.57. The van der Waals surface area contributed by atoms with Crippen LogP contribution in [0.3, 0.4) is 0 Å². The van der Waals surface area contributed by atoms with Gasteiger partial charge in [-0.15, -0.1) is 11.6 Å². The van der Waals surface area contributed by atoms with Crippen molar-refractivity contribution in [2.24, 2.45) is 0 Å². The van der Waals surface area contributed by atoms with Gasteiger partial charge in [0.2, 0.25) is 10.0 Å². The molecule has 1 saturated carbocycles. The van der Waals surface area contributed by atoms with Crippen LogP contribution < -0.4 is 4.72 Å². The topological polar surface area (TPSA) is 46.2 Å². The number of nitrogens with one attached hydrogen (secondary N) is 1. The summed E-state index contributed by atoms with van der Waals surface area (Å²) in [6.07, 6.45) is 4.74. The molecule has 0 unspecified atom stereocenters. The molecule has 112 valence electrons. The SMILES string of the molecule is O=S(=O)(NC1(CCl)CCCCC1)c1cc(Br)ccc1Br. The summed E-state index contributed by atoms with van der Waals surface area (Å²) in [5.41, 5.74) is -0.513. The van der Waals surface area contributed by atoms with E-state index in [0.717, 1.165) is 36.6 Å². The fourth-order valence-corrected chi connectivity index (χ4v) is 5.89. The smallest absolute Gasteiger partial charge is 0.207 e. The van der Waals surface area contributed by atoms with Gasteiger partial charge in [0, 0.05) is 20.4 Å². The predicted octanol–water partition coefficient (Wildman–Crippen LogP) is 4.43. The fourth-order valence-electron chi connectivity index (χ4n) is 2.51. The average Bonchev–Trinajstić information content (AvgIpc) is 2.42. The Balaban J connectivity index is 2.32. The Labute approximate surface area is 141 Å². The Morgan fingerprint density at radius 1 is 1.20 bits per heavy atom. The largest absolute Gasteiger partial charge is 0.242 e. The molecule has 1 aromatic rings. The number of hydrogen-bond acceptors (Lipinski definition) is 2. The summed E-state index contributed by atoms with van der Waals surface area (Å²) in [5, 5.41) is 0. The minimum Gasteiger partial charge on any atom is -0.207 e. The van der Waals surface area contributed by atoms with Crippen LogP contribution in [-0.2, 0) is 10.0 Å². The van der Waals surface area contributed by atoms with Gasteiger partial charge in [0.15, 0.2) is 0 Å². The number of benzene rings is 1. The first-order valence-electron chi connectivity index (χ1n) is 6.44. The Morgan fingerprint density at radius 2 is 1.85 bits per heavy atom. The monoisotopic (exact) mass is 443 g/mol. The van der Waals surface area contributed by atoms with Crippen molar-refractivity contribution in [2.75, 3.05) is 5.88 Å². The second-order valence-electron chi connectivity index (χ2n) is 5.15. The van der Waals surface area contributed by atoms with Crippen LogP contribution >= 0.6 is 43.5 Å². The molecule has 7 heteroatoms. The van der Waals surface area contributed by atoms with Crippen molar-refractivity contribution in [2.45, 2.75) is 42.5 Å². The molecule has 20 heavy (non-hydrogen) atoms. The van der Waals surface area contributed by atoms with Gasteiger partial charge in [0.25, 0.3) is 0 Å². The molecular weight excluding hydrogens is 429 g/mol. The highest BCUT2D eigenvalue weighted by atomic mass is 79.9. The van der Waals surface area contributed by atoms with Crippen molar-refractivity contribution in [1.82, 2.24) is 4.72 Å². The van der Waals surface area contributed by atoms with E-state index in [4.69, 9.17) is 11.6 Å². The number of sulfonamides is 1. The molecule has 1 N–H and O–H groups in total. The lowest BCUT2D eigenvalue weighted by atomic mass is 9.84. The molecule has 0 saturated heterocycles. The zero-order valence-electron chi connectivity index (χ0n) is 10.8. The molecule has 3 nitrogen and oxygen atoms in total. The summed E-state index contributed by atoms with van der Waals surface area (Å²) < 4.78 is 29.3.